The van der Waals surface area contributed by atoms with E-state index in [0.29, 0.717) is 0 Å². The number of aromatic nitrogens is 2. The van der Waals surface area contributed by atoms with Crippen LogP contribution in [0.1, 0.15) is 27.0 Å². The van der Waals surface area contributed by atoms with Gasteiger partial charge in [-0.3, -0.25) is 28.7 Å². The lowest BCUT2D eigenvalue weighted by molar-refractivity contribution is -0.166. The molecular formula is C16H20N2O10. The van der Waals surface area contributed by atoms with Crippen molar-refractivity contribution in [1.29, 1.82) is 0 Å². The van der Waals surface area contributed by atoms with Gasteiger partial charge >= 0.3 is 23.6 Å². The molecule has 1 saturated heterocycles. The summed E-state index contributed by atoms with van der Waals surface area (Å²) in [6.07, 6.45) is -3.67. The third-order valence-electron chi connectivity index (χ3n) is 3.77. The first kappa shape index (κ1) is 21.2. The molecule has 0 aliphatic carbocycles. The molecule has 28 heavy (non-hydrogen) atoms. The highest BCUT2D eigenvalue weighted by molar-refractivity contribution is 5.68. The lowest BCUT2D eigenvalue weighted by Gasteiger charge is -2.24. The fourth-order valence-electron chi connectivity index (χ4n) is 2.72. The van der Waals surface area contributed by atoms with Crippen LogP contribution in [0.25, 0.3) is 0 Å². The molecular weight excluding hydrogens is 380 g/mol. The predicted octanol–water partition coefficient (Wildman–Crippen LogP) is -1.13. The van der Waals surface area contributed by atoms with Gasteiger partial charge in [-0.25, -0.2) is 4.79 Å². The smallest absolute Gasteiger partial charge is 0.330 e. The molecule has 1 N–H and O–H groups in total. The molecule has 4 atom stereocenters. The Morgan fingerprint density at radius 1 is 1.07 bits per heavy atom. The molecule has 1 aromatic rings. The van der Waals surface area contributed by atoms with Crippen LogP contribution in [0.2, 0.25) is 0 Å². The molecule has 12 heteroatoms. The third-order valence-corrected chi connectivity index (χ3v) is 3.77. The van der Waals surface area contributed by atoms with Crippen LogP contribution in [0.5, 0.6) is 5.75 Å². The van der Waals surface area contributed by atoms with Gasteiger partial charge in [-0.15, -0.1) is 0 Å². The van der Waals surface area contributed by atoms with Gasteiger partial charge in [-0.2, -0.15) is 0 Å². The number of ether oxygens (including phenoxy) is 5. The molecule has 0 radical (unpaired) electrons. The van der Waals surface area contributed by atoms with Crippen molar-refractivity contribution >= 4 is 17.9 Å². The van der Waals surface area contributed by atoms with E-state index < -0.39 is 53.7 Å². The summed E-state index contributed by atoms with van der Waals surface area (Å²) >= 11 is 0. The van der Waals surface area contributed by atoms with Crippen LogP contribution in [-0.2, 0) is 33.3 Å². The Bertz CT molecular complexity index is 873. The van der Waals surface area contributed by atoms with Gasteiger partial charge in [0.25, 0.3) is 5.56 Å². The van der Waals surface area contributed by atoms with E-state index >= 15 is 0 Å². The molecule has 1 aliphatic rings. The fraction of sp³-hybridized carbons (Fsp3) is 0.562. The Labute approximate surface area is 158 Å². The summed E-state index contributed by atoms with van der Waals surface area (Å²) < 4.78 is 26.8. The van der Waals surface area contributed by atoms with Gasteiger partial charge in [0.15, 0.2) is 18.4 Å². The fourth-order valence-corrected chi connectivity index (χ4v) is 2.72. The maximum Gasteiger partial charge on any atom is 0.330 e. The highest BCUT2D eigenvalue weighted by atomic mass is 16.7. The van der Waals surface area contributed by atoms with Gasteiger partial charge in [0, 0.05) is 20.8 Å². The van der Waals surface area contributed by atoms with Gasteiger partial charge in [0.2, 0.25) is 5.75 Å². The molecule has 2 heterocycles. The van der Waals surface area contributed by atoms with Gasteiger partial charge < -0.3 is 23.7 Å². The van der Waals surface area contributed by atoms with Crippen LogP contribution < -0.4 is 16.0 Å². The molecule has 0 saturated carbocycles. The number of H-pyrrole nitrogens is 1. The summed E-state index contributed by atoms with van der Waals surface area (Å²) in [5.41, 5.74) is -1.64. The van der Waals surface area contributed by atoms with E-state index in [1.165, 1.54) is 14.0 Å². The monoisotopic (exact) mass is 400 g/mol. The summed E-state index contributed by atoms with van der Waals surface area (Å²) in [5, 5.41) is 0. The van der Waals surface area contributed by atoms with Crippen LogP contribution in [-0.4, -0.2) is 59.5 Å². The van der Waals surface area contributed by atoms with Crippen molar-refractivity contribution in [1.82, 2.24) is 9.55 Å². The molecule has 0 amide bonds. The predicted molar refractivity (Wildman–Crippen MR) is 89.5 cm³/mol. The molecule has 1 aromatic heterocycles. The number of esters is 3. The molecule has 1 aliphatic heterocycles. The number of aromatic amines is 1. The second-order valence-corrected chi connectivity index (χ2v) is 5.88. The van der Waals surface area contributed by atoms with Crippen LogP contribution in [0.15, 0.2) is 15.8 Å². The van der Waals surface area contributed by atoms with E-state index in [4.69, 9.17) is 23.7 Å². The molecule has 12 nitrogen and oxygen atoms in total. The van der Waals surface area contributed by atoms with Crippen LogP contribution >= 0.6 is 0 Å². The quantitative estimate of drug-likeness (QED) is 0.458. The van der Waals surface area contributed by atoms with Crippen molar-refractivity contribution in [2.75, 3.05) is 13.7 Å². The third kappa shape index (κ3) is 4.76. The summed E-state index contributed by atoms with van der Waals surface area (Å²) in [6, 6.07) is 0. The summed E-state index contributed by atoms with van der Waals surface area (Å²) in [6.45, 7) is 3.11. The number of nitrogens with one attached hydrogen (secondary N) is 1. The number of hydrogen-bond donors (Lipinski definition) is 1. The van der Waals surface area contributed by atoms with Crippen molar-refractivity contribution in [3.05, 3.63) is 27.0 Å². The van der Waals surface area contributed by atoms with E-state index in [2.05, 4.69) is 0 Å². The molecule has 154 valence electrons. The summed E-state index contributed by atoms with van der Waals surface area (Å²) in [4.78, 5) is 60.2. The second kappa shape index (κ2) is 8.69. The first-order valence-corrected chi connectivity index (χ1v) is 8.16. The summed E-state index contributed by atoms with van der Waals surface area (Å²) in [7, 11) is 1.23. The maximum absolute atomic E-state index is 12.3. The first-order valence-electron chi connectivity index (χ1n) is 8.16. The van der Waals surface area contributed by atoms with Gasteiger partial charge in [0.05, 0.1) is 13.3 Å². The lowest BCUT2D eigenvalue weighted by Crippen LogP contribution is -2.42. The minimum absolute atomic E-state index is 0.197. The van der Waals surface area contributed by atoms with Crippen molar-refractivity contribution in [3.8, 4) is 5.75 Å². The van der Waals surface area contributed by atoms with E-state index in [1.54, 1.807) is 0 Å². The lowest BCUT2D eigenvalue weighted by atomic mass is 10.1. The number of rotatable bonds is 6. The van der Waals surface area contributed by atoms with E-state index in [0.717, 1.165) is 24.6 Å². The average Bonchev–Trinajstić information content (AvgIpc) is 2.89. The Hall–Kier alpha value is -3.15. The van der Waals surface area contributed by atoms with Crippen LogP contribution in [0.3, 0.4) is 0 Å². The Balaban J connectivity index is 2.49. The zero-order valence-electron chi connectivity index (χ0n) is 15.6. The van der Waals surface area contributed by atoms with E-state index in [1.807, 2.05) is 4.98 Å². The molecule has 1 fully saturated rings. The highest BCUT2D eigenvalue weighted by Gasteiger charge is 2.51. The van der Waals surface area contributed by atoms with E-state index in [-0.39, 0.29) is 12.4 Å². The zero-order valence-corrected chi connectivity index (χ0v) is 15.6. The molecule has 0 spiro atoms. The average molecular weight is 400 g/mol. The molecule has 0 aromatic carbocycles. The second-order valence-electron chi connectivity index (χ2n) is 5.88. The SMILES string of the molecule is COc1cn([C@@H]2O[C@H](COC(C)=O)[C@@H](OC(C)=O)[C@H]2OC(C)=O)c(=O)[nH]c1=O. The van der Waals surface area contributed by atoms with Gasteiger partial charge in [-0.05, 0) is 0 Å². The van der Waals surface area contributed by atoms with Crippen molar-refractivity contribution in [2.24, 2.45) is 0 Å². The number of methoxy groups -OCH3 is 1. The molecule has 0 unspecified atom stereocenters. The molecule has 0 bridgehead atoms. The van der Waals surface area contributed by atoms with Crippen LogP contribution in [0.4, 0.5) is 0 Å². The van der Waals surface area contributed by atoms with Crippen LogP contribution in [0, 0.1) is 0 Å². The first-order chi connectivity index (χ1) is 13.1. The normalized spacial score (nSPS) is 23.7. The van der Waals surface area contributed by atoms with Gasteiger partial charge in [-0.1, -0.05) is 0 Å². The maximum atomic E-state index is 12.3. The largest absolute Gasteiger partial charge is 0.490 e. The van der Waals surface area contributed by atoms with Crippen molar-refractivity contribution in [3.63, 3.8) is 0 Å². The number of nitrogens with zero attached hydrogens (tertiary/aromatic N) is 1. The van der Waals surface area contributed by atoms with Gasteiger partial charge in [0.1, 0.15) is 12.7 Å². The highest BCUT2D eigenvalue weighted by Crippen LogP contribution is 2.33. The van der Waals surface area contributed by atoms with Crippen molar-refractivity contribution in [2.45, 2.75) is 45.3 Å². The Kier molecular flexibility index (Phi) is 6.57. The number of hydrogen-bond acceptors (Lipinski definition) is 10. The topological polar surface area (TPSA) is 152 Å². The van der Waals surface area contributed by atoms with Crippen molar-refractivity contribution < 1.29 is 38.1 Å². The number of carbonyl (C=O) groups is 3. The minimum Gasteiger partial charge on any atom is -0.490 e. The standard InChI is InChI=1S/C16H20N2O10/c1-7(19)25-6-11-12(26-8(2)20)13(27-9(3)21)15(28-11)18-5-10(24-4)14(22)17-16(18)23/h5,11-13,15H,6H2,1-4H3,(H,17,22,23)/t11-,12-,13-,15-/m1/s1. The Morgan fingerprint density at radius 2 is 1.68 bits per heavy atom. The molecule has 2 rings (SSSR count). The zero-order chi connectivity index (χ0) is 21.0. The van der Waals surface area contributed by atoms with E-state index in [9.17, 15) is 24.0 Å². The number of carbonyl (C=O) groups excluding carboxylic acids is 3. The summed E-state index contributed by atoms with van der Waals surface area (Å²) in [5.74, 6) is -2.24. The minimum atomic E-state index is -1.29. The Morgan fingerprint density at radius 3 is 2.21 bits per heavy atom.